The summed E-state index contributed by atoms with van der Waals surface area (Å²) >= 11 is 0. The molecule has 1 saturated carbocycles. The third-order valence-electron chi connectivity index (χ3n) is 4.54. The Morgan fingerprint density at radius 1 is 1.09 bits per heavy atom. The van der Waals surface area contributed by atoms with Gasteiger partial charge in [-0.25, -0.2) is 0 Å². The Morgan fingerprint density at radius 2 is 1.95 bits per heavy atom. The fourth-order valence-electron chi connectivity index (χ4n) is 3.21. The maximum atomic E-state index is 5.87. The van der Waals surface area contributed by atoms with Gasteiger partial charge in [-0.05, 0) is 30.5 Å². The summed E-state index contributed by atoms with van der Waals surface area (Å²) in [5, 5.41) is 3.51. The predicted octanol–water partition coefficient (Wildman–Crippen LogP) is 1.41. The standard InChI is InChI=1S/C17H24N2O3/c1-4-16-17(22-8-7-21-16)9-13(1)10-18-11-15-12-19(5-6-20-15)14-2-3-14/h1,4,9,14-15,18H,2-3,5-8,10-12H2. The van der Waals surface area contributed by atoms with Gasteiger partial charge in [0.25, 0.3) is 0 Å². The Balaban J connectivity index is 1.26. The highest BCUT2D eigenvalue weighted by atomic mass is 16.6. The van der Waals surface area contributed by atoms with Crippen LogP contribution in [0.4, 0.5) is 0 Å². The molecule has 2 heterocycles. The summed E-state index contributed by atoms with van der Waals surface area (Å²) in [6.45, 7) is 6.05. The Kier molecular flexibility index (Phi) is 4.19. The zero-order valence-corrected chi connectivity index (χ0v) is 12.9. The predicted molar refractivity (Wildman–Crippen MR) is 83.5 cm³/mol. The Bertz CT molecular complexity index is 519. The number of hydrogen-bond donors (Lipinski definition) is 1. The van der Waals surface area contributed by atoms with Gasteiger partial charge in [-0.2, -0.15) is 0 Å². The highest BCUT2D eigenvalue weighted by molar-refractivity contribution is 5.43. The van der Waals surface area contributed by atoms with Crippen LogP contribution < -0.4 is 14.8 Å². The van der Waals surface area contributed by atoms with Crippen molar-refractivity contribution >= 4 is 0 Å². The summed E-state index contributed by atoms with van der Waals surface area (Å²) in [6, 6.07) is 7.00. The van der Waals surface area contributed by atoms with Crippen LogP contribution in [0.2, 0.25) is 0 Å². The molecule has 1 atom stereocenters. The number of benzene rings is 1. The van der Waals surface area contributed by atoms with E-state index < -0.39 is 0 Å². The van der Waals surface area contributed by atoms with Gasteiger partial charge in [0, 0.05) is 32.2 Å². The van der Waals surface area contributed by atoms with Crippen molar-refractivity contribution in [2.45, 2.75) is 31.5 Å². The maximum Gasteiger partial charge on any atom is 0.161 e. The number of ether oxygens (including phenoxy) is 3. The molecule has 0 radical (unpaired) electrons. The molecule has 0 bridgehead atoms. The molecular weight excluding hydrogens is 280 g/mol. The molecule has 0 aromatic heterocycles. The van der Waals surface area contributed by atoms with Gasteiger partial charge in [-0.15, -0.1) is 0 Å². The van der Waals surface area contributed by atoms with Crippen LogP contribution >= 0.6 is 0 Å². The van der Waals surface area contributed by atoms with Gasteiger partial charge in [-0.3, -0.25) is 4.90 Å². The van der Waals surface area contributed by atoms with Crippen LogP contribution in [0.5, 0.6) is 11.5 Å². The van der Waals surface area contributed by atoms with Crippen molar-refractivity contribution in [3.8, 4) is 11.5 Å². The van der Waals surface area contributed by atoms with Gasteiger partial charge in [0.15, 0.2) is 11.5 Å². The molecular formula is C17H24N2O3. The van der Waals surface area contributed by atoms with Crippen molar-refractivity contribution in [3.63, 3.8) is 0 Å². The van der Waals surface area contributed by atoms with Crippen molar-refractivity contribution in [2.24, 2.45) is 0 Å². The molecule has 2 aliphatic heterocycles. The van der Waals surface area contributed by atoms with Crippen molar-refractivity contribution in [3.05, 3.63) is 23.8 Å². The van der Waals surface area contributed by atoms with Crippen LogP contribution in [0.3, 0.4) is 0 Å². The first kappa shape index (κ1) is 14.3. The number of rotatable bonds is 5. The molecule has 0 spiro atoms. The van der Waals surface area contributed by atoms with Gasteiger partial charge in [0.1, 0.15) is 13.2 Å². The molecule has 5 nitrogen and oxygen atoms in total. The quantitative estimate of drug-likeness (QED) is 0.891. The average molecular weight is 304 g/mol. The maximum absolute atomic E-state index is 5.87. The fourth-order valence-corrected chi connectivity index (χ4v) is 3.21. The zero-order chi connectivity index (χ0) is 14.8. The van der Waals surface area contributed by atoms with E-state index in [1.807, 2.05) is 6.07 Å². The minimum atomic E-state index is 0.312. The molecule has 120 valence electrons. The van der Waals surface area contributed by atoms with Gasteiger partial charge >= 0.3 is 0 Å². The molecule has 1 unspecified atom stereocenters. The van der Waals surface area contributed by atoms with E-state index in [1.165, 1.54) is 18.4 Å². The van der Waals surface area contributed by atoms with E-state index in [9.17, 15) is 0 Å². The van der Waals surface area contributed by atoms with Gasteiger partial charge in [-0.1, -0.05) is 6.07 Å². The Labute approximate surface area is 131 Å². The number of nitrogens with one attached hydrogen (secondary N) is 1. The first-order chi connectivity index (χ1) is 10.9. The Hall–Kier alpha value is -1.30. The van der Waals surface area contributed by atoms with Crippen LogP contribution in [0, 0.1) is 0 Å². The van der Waals surface area contributed by atoms with E-state index in [1.54, 1.807) is 0 Å². The van der Waals surface area contributed by atoms with Gasteiger partial charge in [0.2, 0.25) is 0 Å². The van der Waals surface area contributed by atoms with Crippen LogP contribution in [-0.4, -0.2) is 56.5 Å². The zero-order valence-electron chi connectivity index (χ0n) is 12.9. The highest BCUT2D eigenvalue weighted by Crippen LogP contribution is 2.31. The van der Waals surface area contributed by atoms with E-state index in [0.29, 0.717) is 19.3 Å². The van der Waals surface area contributed by atoms with Crippen LogP contribution in [0.1, 0.15) is 18.4 Å². The topological polar surface area (TPSA) is 43.0 Å². The van der Waals surface area contributed by atoms with Gasteiger partial charge < -0.3 is 19.5 Å². The molecule has 5 heteroatoms. The molecule has 1 N–H and O–H groups in total. The normalized spacial score (nSPS) is 25.2. The summed E-state index contributed by atoms with van der Waals surface area (Å²) in [4.78, 5) is 2.58. The molecule has 4 rings (SSSR count). The van der Waals surface area contributed by atoms with Crippen molar-refractivity contribution in [2.75, 3.05) is 39.5 Å². The molecule has 3 aliphatic rings. The summed E-state index contributed by atoms with van der Waals surface area (Å²) in [5.74, 6) is 1.71. The number of nitrogens with zero attached hydrogens (tertiary/aromatic N) is 1. The number of hydrogen-bond acceptors (Lipinski definition) is 5. The molecule has 22 heavy (non-hydrogen) atoms. The minimum absolute atomic E-state index is 0.312. The first-order valence-electron chi connectivity index (χ1n) is 8.33. The molecule has 0 amide bonds. The highest BCUT2D eigenvalue weighted by Gasteiger charge is 2.32. The van der Waals surface area contributed by atoms with Crippen molar-refractivity contribution < 1.29 is 14.2 Å². The third kappa shape index (κ3) is 3.37. The molecule has 1 aliphatic carbocycles. The van der Waals surface area contributed by atoms with E-state index in [-0.39, 0.29) is 0 Å². The van der Waals surface area contributed by atoms with E-state index in [0.717, 1.165) is 50.3 Å². The van der Waals surface area contributed by atoms with Crippen LogP contribution in [-0.2, 0) is 11.3 Å². The van der Waals surface area contributed by atoms with Gasteiger partial charge in [0.05, 0.1) is 12.7 Å². The van der Waals surface area contributed by atoms with Crippen LogP contribution in [0.25, 0.3) is 0 Å². The lowest BCUT2D eigenvalue weighted by Gasteiger charge is -2.33. The lowest BCUT2D eigenvalue weighted by molar-refractivity contribution is -0.0301. The summed E-state index contributed by atoms with van der Waals surface area (Å²) in [7, 11) is 0. The second-order valence-electron chi connectivity index (χ2n) is 6.33. The summed E-state index contributed by atoms with van der Waals surface area (Å²) in [6.07, 6.45) is 3.06. The number of morpholine rings is 1. The molecule has 2 fully saturated rings. The average Bonchev–Trinajstić information content (AvgIpc) is 3.40. The molecule has 1 saturated heterocycles. The van der Waals surface area contributed by atoms with E-state index in [4.69, 9.17) is 14.2 Å². The second kappa shape index (κ2) is 6.44. The number of fused-ring (bicyclic) bond motifs is 1. The fraction of sp³-hybridized carbons (Fsp3) is 0.647. The molecule has 1 aromatic rings. The SMILES string of the molecule is c1cc2c(cc1CNCC1CN(C3CC3)CCO1)OCCO2. The Morgan fingerprint density at radius 3 is 2.82 bits per heavy atom. The largest absolute Gasteiger partial charge is 0.486 e. The second-order valence-corrected chi connectivity index (χ2v) is 6.33. The van der Waals surface area contributed by atoms with Crippen LogP contribution in [0.15, 0.2) is 18.2 Å². The molecule has 1 aromatic carbocycles. The van der Waals surface area contributed by atoms with Crippen molar-refractivity contribution in [1.29, 1.82) is 0 Å². The lowest BCUT2D eigenvalue weighted by atomic mass is 10.2. The van der Waals surface area contributed by atoms with E-state index >= 15 is 0 Å². The first-order valence-corrected chi connectivity index (χ1v) is 8.33. The minimum Gasteiger partial charge on any atom is -0.486 e. The van der Waals surface area contributed by atoms with E-state index in [2.05, 4.69) is 22.3 Å². The smallest absolute Gasteiger partial charge is 0.161 e. The summed E-state index contributed by atoms with van der Waals surface area (Å²) in [5.41, 5.74) is 1.22. The monoisotopic (exact) mass is 304 g/mol. The third-order valence-corrected chi connectivity index (χ3v) is 4.54. The lowest BCUT2D eigenvalue weighted by Crippen LogP contribution is -2.47. The summed E-state index contributed by atoms with van der Waals surface area (Å²) < 4.78 is 17.0. The van der Waals surface area contributed by atoms with Crippen molar-refractivity contribution in [1.82, 2.24) is 10.2 Å².